The molecule has 2 N–H and O–H groups in total. The topological polar surface area (TPSA) is 40.5 Å². The van der Waals surface area contributed by atoms with E-state index in [1.165, 1.54) is 0 Å². The molecule has 8 atom stereocenters. The highest BCUT2D eigenvalue weighted by atomic mass is 16.3. The Labute approximate surface area is 163 Å². The Bertz CT molecular complexity index is 416. The van der Waals surface area contributed by atoms with Gasteiger partial charge in [0.25, 0.3) is 0 Å². The number of hydrogen-bond donors (Lipinski definition) is 2. The fourth-order valence-corrected chi connectivity index (χ4v) is 6.45. The molecule has 0 spiro atoms. The van der Waals surface area contributed by atoms with E-state index in [-0.39, 0.29) is 23.0 Å². The summed E-state index contributed by atoms with van der Waals surface area (Å²) in [5.41, 5.74) is 0.333. The molecule has 8 unspecified atom stereocenters. The van der Waals surface area contributed by atoms with Crippen LogP contribution in [0.25, 0.3) is 0 Å². The van der Waals surface area contributed by atoms with E-state index in [1.54, 1.807) is 0 Å². The Balaban J connectivity index is 2.18. The van der Waals surface area contributed by atoms with Gasteiger partial charge in [-0.1, -0.05) is 62.3 Å². The number of aliphatic hydroxyl groups excluding tert-OH is 2. The van der Waals surface area contributed by atoms with Crippen molar-refractivity contribution in [2.75, 3.05) is 0 Å². The highest BCUT2D eigenvalue weighted by Gasteiger charge is 2.47. The molecule has 2 rings (SSSR count). The molecule has 0 saturated heterocycles. The minimum absolute atomic E-state index is 0.152. The maximum Gasteiger partial charge on any atom is 0.0576 e. The molecule has 0 aliphatic heterocycles. The van der Waals surface area contributed by atoms with Crippen molar-refractivity contribution in [1.29, 1.82) is 0 Å². The zero-order valence-corrected chi connectivity index (χ0v) is 18.9. The lowest BCUT2D eigenvalue weighted by Gasteiger charge is -2.51. The lowest BCUT2D eigenvalue weighted by atomic mass is 9.55. The van der Waals surface area contributed by atoms with Gasteiger partial charge in [0, 0.05) is 0 Å². The average molecular weight is 367 g/mol. The fraction of sp³-hybridized carbons (Fsp3) is 1.00. The summed E-state index contributed by atoms with van der Waals surface area (Å²) in [5.74, 6) is 4.01. The van der Waals surface area contributed by atoms with Gasteiger partial charge in [0.2, 0.25) is 0 Å². The van der Waals surface area contributed by atoms with E-state index in [0.29, 0.717) is 41.4 Å². The molecular formula is C24H46O2. The third kappa shape index (κ3) is 4.66. The van der Waals surface area contributed by atoms with Gasteiger partial charge < -0.3 is 10.2 Å². The zero-order valence-electron chi connectivity index (χ0n) is 18.9. The smallest absolute Gasteiger partial charge is 0.0576 e. The van der Waals surface area contributed by atoms with Gasteiger partial charge in [-0.3, -0.25) is 0 Å². The largest absolute Gasteiger partial charge is 0.393 e. The van der Waals surface area contributed by atoms with Gasteiger partial charge in [-0.15, -0.1) is 0 Å². The van der Waals surface area contributed by atoms with Crippen LogP contribution in [0.4, 0.5) is 0 Å². The first kappa shape index (κ1) is 22.2. The number of hydrogen-bond acceptors (Lipinski definition) is 2. The molecular weight excluding hydrogens is 320 g/mol. The molecule has 2 heteroatoms. The van der Waals surface area contributed by atoms with Crippen molar-refractivity contribution in [2.45, 2.75) is 100 Å². The van der Waals surface area contributed by atoms with Crippen molar-refractivity contribution in [1.82, 2.24) is 0 Å². The van der Waals surface area contributed by atoms with Gasteiger partial charge in [0.1, 0.15) is 0 Å². The first-order valence-corrected chi connectivity index (χ1v) is 11.1. The first-order chi connectivity index (χ1) is 11.7. The van der Waals surface area contributed by atoms with Gasteiger partial charge in [-0.2, -0.15) is 0 Å². The molecule has 0 aromatic heterocycles. The molecule has 0 heterocycles. The molecule has 2 aliphatic carbocycles. The average Bonchev–Trinajstić information content (AvgIpc) is 2.43. The quantitative estimate of drug-likeness (QED) is 0.652. The van der Waals surface area contributed by atoms with Crippen LogP contribution in [0.2, 0.25) is 0 Å². The lowest BCUT2D eigenvalue weighted by Crippen LogP contribution is -2.47. The van der Waals surface area contributed by atoms with Gasteiger partial charge in [-0.25, -0.2) is 0 Å². The van der Waals surface area contributed by atoms with Crippen molar-refractivity contribution < 1.29 is 10.2 Å². The van der Waals surface area contributed by atoms with Crippen LogP contribution >= 0.6 is 0 Å². The maximum atomic E-state index is 10.7. The summed E-state index contributed by atoms with van der Waals surface area (Å²) in [6, 6.07) is 0. The Morgan fingerprint density at radius 1 is 0.654 bits per heavy atom. The zero-order chi connectivity index (χ0) is 20.0. The molecule has 0 amide bonds. The van der Waals surface area contributed by atoms with Crippen LogP contribution in [0, 0.1) is 52.3 Å². The molecule has 2 nitrogen and oxygen atoms in total. The lowest BCUT2D eigenvalue weighted by molar-refractivity contribution is -0.0772. The van der Waals surface area contributed by atoms with Gasteiger partial charge in [0.05, 0.1) is 12.2 Å². The van der Waals surface area contributed by atoms with Crippen molar-refractivity contribution >= 4 is 0 Å². The molecule has 0 bridgehead atoms. The minimum atomic E-state index is -0.152. The van der Waals surface area contributed by atoms with Crippen LogP contribution in [0.5, 0.6) is 0 Å². The summed E-state index contributed by atoms with van der Waals surface area (Å²) in [6.45, 7) is 20.9. The fourth-order valence-electron chi connectivity index (χ4n) is 6.45. The monoisotopic (exact) mass is 366 g/mol. The Hall–Kier alpha value is -0.0800. The van der Waals surface area contributed by atoms with Gasteiger partial charge in [0.15, 0.2) is 0 Å². The minimum Gasteiger partial charge on any atom is -0.393 e. The highest BCUT2D eigenvalue weighted by Crippen LogP contribution is 2.51. The predicted octanol–water partition coefficient (Wildman–Crippen LogP) is 5.76. The molecule has 154 valence electrons. The normalized spacial score (nSPS) is 44.0. The summed E-state index contributed by atoms with van der Waals surface area (Å²) in [5, 5.41) is 21.4. The van der Waals surface area contributed by atoms with Crippen LogP contribution < -0.4 is 0 Å². The number of aliphatic hydroxyl groups is 2. The van der Waals surface area contributed by atoms with E-state index in [4.69, 9.17) is 0 Å². The second-order valence-electron chi connectivity index (χ2n) is 12.2. The van der Waals surface area contributed by atoms with Crippen LogP contribution in [0.1, 0.15) is 88.0 Å². The van der Waals surface area contributed by atoms with Crippen LogP contribution in [0.3, 0.4) is 0 Å². The molecule has 2 saturated carbocycles. The Morgan fingerprint density at radius 2 is 0.962 bits per heavy atom. The third-order valence-corrected chi connectivity index (χ3v) is 8.24. The van der Waals surface area contributed by atoms with E-state index in [1.807, 2.05) is 0 Å². The molecule has 2 fully saturated rings. The van der Waals surface area contributed by atoms with Crippen molar-refractivity contribution in [2.24, 2.45) is 52.3 Å². The second kappa shape index (κ2) is 7.74. The molecule has 2 aliphatic rings. The second-order valence-corrected chi connectivity index (χ2v) is 12.2. The summed E-state index contributed by atoms with van der Waals surface area (Å²) in [6.07, 6.45) is 3.90. The predicted molar refractivity (Wildman–Crippen MR) is 111 cm³/mol. The van der Waals surface area contributed by atoms with Crippen LogP contribution in [-0.2, 0) is 0 Å². The SMILES string of the molecule is CC1CC(O)C(C(C)(C)C)CC1C(C)C1CC(C(C)(C)C)C(O)CC1C. The Kier molecular flexibility index (Phi) is 6.61. The highest BCUT2D eigenvalue weighted by molar-refractivity contribution is 4.96. The third-order valence-electron chi connectivity index (χ3n) is 8.24. The molecule has 0 radical (unpaired) electrons. The standard InChI is InChI=1S/C24H46O2/c1-14-10-21(25)19(23(4,5)6)12-17(14)16(3)18-13-20(24(7,8)9)22(26)11-15(18)2/h14-22,25-26H,10-13H2,1-9H3. The first-order valence-electron chi connectivity index (χ1n) is 11.1. The van der Waals surface area contributed by atoms with Crippen LogP contribution in [0.15, 0.2) is 0 Å². The maximum absolute atomic E-state index is 10.7. The summed E-state index contributed by atoms with van der Waals surface area (Å²) >= 11 is 0. The Morgan fingerprint density at radius 3 is 1.23 bits per heavy atom. The van der Waals surface area contributed by atoms with Crippen molar-refractivity contribution in [3.63, 3.8) is 0 Å². The van der Waals surface area contributed by atoms with Crippen LogP contribution in [-0.4, -0.2) is 22.4 Å². The summed E-state index contributed by atoms with van der Waals surface area (Å²) in [7, 11) is 0. The van der Waals surface area contributed by atoms with Gasteiger partial charge in [-0.05, 0) is 77.9 Å². The van der Waals surface area contributed by atoms with Crippen molar-refractivity contribution in [3.05, 3.63) is 0 Å². The van der Waals surface area contributed by atoms with E-state index in [2.05, 4.69) is 62.3 Å². The molecule has 26 heavy (non-hydrogen) atoms. The van der Waals surface area contributed by atoms with E-state index in [0.717, 1.165) is 25.7 Å². The number of rotatable bonds is 2. The van der Waals surface area contributed by atoms with E-state index >= 15 is 0 Å². The molecule has 0 aromatic rings. The summed E-state index contributed by atoms with van der Waals surface area (Å²) < 4.78 is 0. The van der Waals surface area contributed by atoms with Crippen molar-refractivity contribution in [3.8, 4) is 0 Å². The summed E-state index contributed by atoms with van der Waals surface area (Å²) in [4.78, 5) is 0. The van der Waals surface area contributed by atoms with E-state index in [9.17, 15) is 10.2 Å². The molecule has 0 aromatic carbocycles. The van der Waals surface area contributed by atoms with Gasteiger partial charge >= 0.3 is 0 Å². The van der Waals surface area contributed by atoms with E-state index < -0.39 is 0 Å².